The van der Waals surface area contributed by atoms with E-state index in [4.69, 9.17) is 9.47 Å². The zero-order valence-electron chi connectivity index (χ0n) is 23.3. The minimum Gasteiger partial charge on any atom is -0.496 e. The molecule has 0 aromatic heterocycles. The summed E-state index contributed by atoms with van der Waals surface area (Å²) in [7, 11) is 1.10. The number of rotatable bonds is 6. The number of benzene rings is 3. The summed E-state index contributed by atoms with van der Waals surface area (Å²) in [6.45, 7) is 1.33. The minimum absolute atomic E-state index is 0.104. The maximum Gasteiger partial charge on any atom is 0.416 e. The highest BCUT2D eigenvalue weighted by Gasteiger charge is 2.44. The van der Waals surface area contributed by atoms with Crippen molar-refractivity contribution in [2.75, 3.05) is 7.11 Å². The maximum atomic E-state index is 14.6. The fourth-order valence-electron chi connectivity index (χ4n) is 4.95. The molecular weight excluding hydrogens is 632 g/mol. The van der Waals surface area contributed by atoms with Crippen molar-refractivity contribution >= 4 is 6.09 Å². The third kappa shape index (κ3) is 6.96. The van der Waals surface area contributed by atoms with E-state index in [1.54, 1.807) is 0 Å². The lowest BCUT2D eigenvalue weighted by atomic mass is 9.92. The number of aliphatic hydroxyl groups is 2. The molecule has 1 aliphatic heterocycles. The largest absolute Gasteiger partial charge is 0.496 e. The van der Waals surface area contributed by atoms with Gasteiger partial charge < -0.3 is 19.7 Å². The van der Waals surface area contributed by atoms with Crippen LogP contribution in [0.25, 0.3) is 11.1 Å². The summed E-state index contributed by atoms with van der Waals surface area (Å²) in [5.74, 6) is -4.12. The van der Waals surface area contributed by atoms with Gasteiger partial charge in [0.2, 0.25) is 0 Å². The van der Waals surface area contributed by atoms with E-state index >= 15 is 0 Å². The van der Waals surface area contributed by atoms with Crippen LogP contribution in [-0.2, 0) is 35.6 Å². The van der Waals surface area contributed by atoms with Crippen molar-refractivity contribution in [1.29, 1.82) is 0 Å². The van der Waals surface area contributed by atoms with E-state index in [2.05, 4.69) is 0 Å². The fraction of sp³-hybridized carbons (Fsp3) is 0.345. The van der Waals surface area contributed by atoms with Crippen molar-refractivity contribution in [3.8, 4) is 16.9 Å². The van der Waals surface area contributed by atoms with Gasteiger partial charge in [-0.15, -0.1) is 0 Å². The van der Waals surface area contributed by atoms with Gasteiger partial charge in [0.05, 0.1) is 36.4 Å². The van der Waals surface area contributed by atoms with Crippen molar-refractivity contribution in [3.63, 3.8) is 0 Å². The Morgan fingerprint density at radius 1 is 0.822 bits per heavy atom. The Bertz CT molecular complexity index is 1580. The highest BCUT2D eigenvalue weighted by Crippen LogP contribution is 2.43. The molecule has 2 atom stereocenters. The van der Waals surface area contributed by atoms with Gasteiger partial charge in [0, 0.05) is 17.2 Å². The number of carbonyl (C=O) groups is 1. The van der Waals surface area contributed by atoms with Gasteiger partial charge in [-0.25, -0.2) is 9.18 Å². The second-order valence-corrected chi connectivity index (χ2v) is 10.4. The van der Waals surface area contributed by atoms with E-state index in [1.165, 1.54) is 6.92 Å². The predicted molar refractivity (Wildman–Crippen MR) is 136 cm³/mol. The highest BCUT2D eigenvalue weighted by molar-refractivity contribution is 5.76. The molecule has 4 rings (SSSR count). The molecule has 0 spiro atoms. The van der Waals surface area contributed by atoms with Crippen molar-refractivity contribution in [2.24, 2.45) is 0 Å². The molecule has 0 bridgehead atoms. The van der Waals surface area contributed by atoms with Crippen LogP contribution in [0.5, 0.6) is 5.75 Å². The molecule has 1 amide bonds. The Morgan fingerprint density at radius 3 is 1.87 bits per heavy atom. The first-order valence-corrected chi connectivity index (χ1v) is 12.8. The number of hydrogen-bond donors (Lipinski definition) is 2. The molecular formula is C29H23F10NO5. The highest BCUT2D eigenvalue weighted by atomic mass is 19.4. The number of amides is 1. The number of ether oxygens (including phenoxy) is 2. The number of cyclic esters (lactones) is 1. The van der Waals surface area contributed by atoms with Crippen molar-refractivity contribution in [1.82, 2.24) is 4.90 Å². The van der Waals surface area contributed by atoms with E-state index in [9.17, 15) is 58.9 Å². The summed E-state index contributed by atoms with van der Waals surface area (Å²) in [4.78, 5) is 13.7. The van der Waals surface area contributed by atoms with Crippen LogP contribution in [0.3, 0.4) is 0 Å². The van der Waals surface area contributed by atoms with E-state index < -0.39 is 82.7 Å². The lowest BCUT2D eigenvalue weighted by Crippen LogP contribution is -2.32. The number of alkyl halides is 9. The minimum atomic E-state index is -5.19. The van der Waals surface area contributed by atoms with E-state index in [1.807, 2.05) is 0 Å². The summed E-state index contributed by atoms with van der Waals surface area (Å²) in [6.07, 6.45) is -18.2. The molecule has 6 nitrogen and oxygen atoms in total. The quantitative estimate of drug-likeness (QED) is 0.209. The van der Waals surface area contributed by atoms with Crippen LogP contribution in [0.4, 0.5) is 48.7 Å². The topological polar surface area (TPSA) is 79.2 Å². The number of methoxy groups -OCH3 is 1. The van der Waals surface area contributed by atoms with E-state index in [-0.39, 0.29) is 28.5 Å². The van der Waals surface area contributed by atoms with Crippen LogP contribution in [0.15, 0.2) is 48.5 Å². The van der Waals surface area contributed by atoms with Gasteiger partial charge >= 0.3 is 24.6 Å². The molecule has 16 heteroatoms. The van der Waals surface area contributed by atoms with E-state index in [0.29, 0.717) is 24.3 Å². The van der Waals surface area contributed by atoms with Gasteiger partial charge in [0.1, 0.15) is 17.7 Å². The molecule has 1 aliphatic rings. The Kier molecular flexibility index (Phi) is 8.56. The lowest BCUT2D eigenvalue weighted by molar-refractivity contribution is -0.154. The number of carbonyl (C=O) groups excluding carboxylic acids is 1. The smallest absolute Gasteiger partial charge is 0.416 e. The Balaban J connectivity index is 1.83. The second-order valence-electron chi connectivity index (χ2n) is 10.4. The molecule has 3 aromatic carbocycles. The maximum absolute atomic E-state index is 14.6. The first kappa shape index (κ1) is 33.8. The molecule has 0 aliphatic carbocycles. The molecule has 0 saturated carbocycles. The van der Waals surface area contributed by atoms with Crippen molar-refractivity contribution in [2.45, 2.75) is 56.9 Å². The second kappa shape index (κ2) is 11.4. The van der Waals surface area contributed by atoms with Crippen LogP contribution in [0.1, 0.15) is 53.3 Å². The van der Waals surface area contributed by atoms with Crippen molar-refractivity contribution in [3.05, 3.63) is 87.7 Å². The monoisotopic (exact) mass is 655 g/mol. The summed E-state index contributed by atoms with van der Waals surface area (Å²) in [5.41, 5.74) is -6.35. The Hall–Kier alpha value is -4.05. The van der Waals surface area contributed by atoms with Gasteiger partial charge in [0.15, 0.2) is 5.79 Å². The molecule has 1 saturated heterocycles. The normalized spacial score (nSPS) is 17.9. The number of nitrogens with zero attached hydrogens (tertiary/aromatic N) is 1. The predicted octanol–water partition coefficient (Wildman–Crippen LogP) is 7.80. The molecule has 1 fully saturated rings. The first-order chi connectivity index (χ1) is 20.5. The van der Waals surface area contributed by atoms with Gasteiger partial charge in [-0.1, -0.05) is 6.07 Å². The number of hydrogen-bond acceptors (Lipinski definition) is 5. The molecule has 2 N–H and O–H groups in total. The average Bonchev–Trinajstić information content (AvgIpc) is 3.19. The molecule has 1 heterocycles. The van der Waals surface area contributed by atoms with Gasteiger partial charge in [-0.2, -0.15) is 39.5 Å². The van der Waals surface area contributed by atoms with Crippen LogP contribution in [-0.4, -0.2) is 34.4 Å². The SMILES string of the molecule is COc1cc(F)c(C(C)(O)O)cc1-c1ccc(C(F)(F)F)cc1CN1C(=O)O[C@H](c2cc(C(F)(F)F)cc(C(F)(F)F)c2)[C@@H]1C. The van der Waals surface area contributed by atoms with Crippen molar-refractivity contribution < 1.29 is 68.4 Å². The van der Waals surface area contributed by atoms with Crippen LogP contribution in [0.2, 0.25) is 0 Å². The summed E-state index contributed by atoms with van der Waals surface area (Å²) in [5, 5.41) is 20.0. The lowest BCUT2D eigenvalue weighted by Gasteiger charge is -2.25. The third-order valence-corrected chi connectivity index (χ3v) is 7.19. The molecule has 0 radical (unpaired) electrons. The molecule has 45 heavy (non-hydrogen) atoms. The van der Waals surface area contributed by atoms with Crippen LogP contribution >= 0.6 is 0 Å². The Labute approximate surface area is 248 Å². The third-order valence-electron chi connectivity index (χ3n) is 7.19. The molecule has 0 unspecified atom stereocenters. The fourth-order valence-corrected chi connectivity index (χ4v) is 4.95. The van der Waals surface area contributed by atoms with Gasteiger partial charge in [-0.05, 0) is 66.9 Å². The summed E-state index contributed by atoms with van der Waals surface area (Å²) < 4.78 is 147. The summed E-state index contributed by atoms with van der Waals surface area (Å²) in [6, 6.07) is 3.28. The molecule has 3 aromatic rings. The van der Waals surface area contributed by atoms with Gasteiger partial charge in [-0.3, -0.25) is 4.90 Å². The first-order valence-electron chi connectivity index (χ1n) is 12.8. The molecule has 244 valence electrons. The van der Waals surface area contributed by atoms with Crippen LogP contribution in [0, 0.1) is 5.82 Å². The van der Waals surface area contributed by atoms with E-state index in [0.717, 1.165) is 37.1 Å². The van der Waals surface area contributed by atoms with Gasteiger partial charge in [0.25, 0.3) is 0 Å². The average molecular weight is 655 g/mol. The number of halogens is 10. The summed E-state index contributed by atoms with van der Waals surface area (Å²) >= 11 is 0. The standard InChI is InChI=1S/C29H23F10NO5/c1-13-24(14-6-17(28(34,35)36)9-18(7-14)29(37,38)39)45-25(41)40(13)12-15-8-16(27(31,32)33)4-5-19(15)20-10-21(26(2,42)43)22(30)11-23(20)44-3/h4-11,13,24,42-43H,12H2,1-3H3/t13-,24-/m0/s1. The van der Waals surface area contributed by atoms with Crippen LogP contribution < -0.4 is 4.74 Å². The Morgan fingerprint density at radius 2 is 1.38 bits per heavy atom. The zero-order valence-corrected chi connectivity index (χ0v) is 23.3. The zero-order chi connectivity index (χ0) is 33.9.